The molecule has 0 bridgehead atoms. The molecule has 3 rings (SSSR count). The molecule has 1 atom stereocenters. The molecule has 21 heavy (non-hydrogen) atoms. The molecule has 1 fully saturated rings. The Morgan fingerprint density at radius 2 is 2.14 bits per heavy atom. The summed E-state index contributed by atoms with van der Waals surface area (Å²) in [6.45, 7) is 1.47. The van der Waals surface area contributed by atoms with Crippen molar-refractivity contribution in [1.82, 2.24) is 15.6 Å². The number of pyridine rings is 1. The SMILES string of the molecule is O=C(NCc1cccc2cccnc12)C1CCCCCN1. The molecule has 0 aliphatic carbocycles. The summed E-state index contributed by atoms with van der Waals surface area (Å²) in [4.78, 5) is 16.7. The van der Waals surface area contributed by atoms with Gasteiger partial charge in [0.2, 0.25) is 5.91 Å². The van der Waals surface area contributed by atoms with Crippen LogP contribution in [-0.2, 0) is 11.3 Å². The maximum absolute atomic E-state index is 12.3. The fourth-order valence-electron chi connectivity index (χ4n) is 2.87. The van der Waals surface area contributed by atoms with E-state index in [-0.39, 0.29) is 11.9 Å². The molecule has 1 saturated heterocycles. The number of hydrogen-bond acceptors (Lipinski definition) is 3. The third kappa shape index (κ3) is 3.39. The van der Waals surface area contributed by atoms with Gasteiger partial charge in [0.1, 0.15) is 0 Å². The molecule has 1 amide bonds. The van der Waals surface area contributed by atoms with Gasteiger partial charge in [0.05, 0.1) is 11.6 Å². The number of benzene rings is 1. The monoisotopic (exact) mass is 283 g/mol. The third-order valence-electron chi connectivity index (χ3n) is 4.05. The van der Waals surface area contributed by atoms with Gasteiger partial charge in [-0.3, -0.25) is 9.78 Å². The molecule has 2 aromatic rings. The minimum Gasteiger partial charge on any atom is -0.351 e. The third-order valence-corrected chi connectivity index (χ3v) is 4.05. The first-order chi connectivity index (χ1) is 10.3. The molecular weight excluding hydrogens is 262 g/mol. The molecule has 1 aromatic heterocycles. The van der Waals surface area contributed by atoms with Crippen LogP contribution in [0.25, 0.3) is 10.9 Å². The number of nitrogens with one attached hydrogen (secondary N) is 2. The molecular formula is C17H21N3O. The van der Waals surface area contributed by atoms with Gasteiger partial charge in [0, 0.05) is 18.1 Å². The summed E-state index contributed by atoms with van der Waals surface area (Å²) < 4.78 is 0. The van der Waals surface area contributed by atoms with Crippen LogP contribution in [0.2, 0.25) is 0 Å². The Morgan fingerprint density at radius 1 is 1.24 bits per heavy atom. The van der Waals surface area contributed by atoms with Crippen molar-refractivity contribution in [2.24, 2.45) is 0 Å². The number of carbonyl (C=O) groups is 1. The van der Waals surface area contributed by atoms with E-state index < -0.39 is 0 Å². The van der Waals surface area contributed by atoms with Crippen LogP contribution in [0.3, 0.4) is 0 Å². The van der Waals surface area contributed by atoms with Crippen LogP contribution < -0.4 is 10.6 Å². The molecule has 1 aliphatic rings. The fraction of sp³-hybridized carbons (Fsp3) is 0.412. The highest BCUT2D eigenvalue weighted by Gasteiger charge is 2.19. The van der Waals surface area contributed by atoms with Crippen LogP contribution in [0.15, 0.2) is 36.5 Å². The number of para-hydroxylation sites is 1. The van der Waals surface area contributed by atoms with Gasteiger partial charge in [-0.15, -0.1) is 0 Å². The van der Waals surface area contributed by atoms with Crippen LogP contribution in [0.1, 0.15) is 31.2 Å². The van der Waals surface area contributed by atoms with Crippen molar-refractivity contribution >= 4 is 16.8 Å². The number of amides is 1. The molecule has 110 valence electrons. The zero-order valence-electron chi connectivity index (χ0n) is 12.1. The number of rotatable bonds is 3. The standard InChI is InChI=1S/C17H21N3O/c21-17(15-9-2-1-3-10-18-15)20-12-14-7-4-6-13-8-5-11-19-16(13)14/h4-8,11,15,18H,1-3,9-10,12H2,(H,20,21). The summed E-state index contributed by atoms with van der Waals surface area (Å²) in [5.74, 6) is 0.102. The van der Waals surface area contributed by atoms with Gasteiger partial charge in [0.25, 0.3) is 0 Å². The quantitative estimate of drug-likeness (QED) is 0.909. The van der Waals surface area contributed by atoms with Gasteiger partial charge in [-0.05, 0) is 31.0 Å². The van der Waals surface area contributed by atoms with E-state index in [0.29, 0.717) is 6.54 Å². The first kappa shape index (κ1) is 14.0. The van der Waals surface area contributed by atoms with Gasteiger partial charge in [-0.2, -0.15) is 0 Å². The van der Waals surface area contributed by atoms with Crippen molar-refractivity contribution in [2.45, 2.75) is 38.3 Å². The topological polar surface area (TPSA) is 54.0 Å². The number of hydrogen-bond donors (Lipinski definition) is 2. The molecule has 4 heteroatoms. The van der Waals surface area contributed by atoms with Crippen molar-refractivity contribution in [1.29, 1.82) is 0 Å². The van der Waals surface area contributed by atoms with Gasteiger partial charge >= 0.3 is 0 Å². The maximum Gasteiger partial charge on any atom is 0.237 e. The zero-order valence-corrected chi connectivity index (χ0v) is 12.1. The zero-order chi connectivity index (χ0) is 14.5. The Kier molecular flexibility index (Phi) is 4.46. The highest BCUT2D eigenvalue weighted by atomic mass is 16.2. The fourth-order valence-corrected chi connectivity index (χ4v) is 2.87. The Balaban J connectivity index is 1.67. The highest BCUT2D eigenvalue weighted by molar-refractivity contribution is 5.84. The second-order valence-corrected chi connectivity index (χ2v) is 5.57. The molecule has 2 heterocycles. The van der Waals surface area contributed by atoms with Crippen molar-refractivity contribution in [3.63, 3.8) is 0 Å². The summed E-state index contributed by atoms with van der Waals surface area (Å²) in [5.41, 5.74) is 2.03. The number of fused-ring (bicyclic) bond motifs is 1. The maximum atomic E-state index is 12.3. The minimum absolute atomic E-state index is 0.0459. The van der Waals surface area contributed by atoms with E-state index in [1.165, 1.54) is 6.42 Å². The molecule has 2 N–H and O–H groups in total. The molecule has 0 saturated carbocycles. The first-order valence-electron chi connectivity index (χ1n) is 7.68. The van der Waals surface area contributed by atoms with Gasteiger partial charge in [-0.25, -0.2) is 0 Å². The number of carbonyl (C=O) groups excluding carboxylic acids is 1. The van der Waals surface area contributed by atoms with E-state index in [4.69, 9.17) is 0 Å². The van der Waals surface area contributed by atoms with Crippen molar-refractivity contribution in [3.05, 3.63) is 42.1 Å². The number of aromatic nitrogens is 1. The second-order valence-electron chi connectivity index (χ2n) is 5.57. The van der Waals surface area contributed by atoms with E-state index in [1.807, 2.05) is 30.3 Å². The Bertz CT molecular complexity index is 613. The lowest BCUT2D eigenvalue weighted by atomic mass is 10.1. The summed E-state index contributed by atoms with van der Waals surface area (Å²) in [5, 5.41) is 7.48. The summed E-state index contributed by atoms with van der Waals surface area (Å²) in [6, 6.07) is 10.0. The van der Waals surface area contributed by atoms with Crippen molar-refractivity contribution in [3.8, 4) is 0 Å². The van der Waals surface area contributed by atoms with Gasteiger partial charge < -0.3 is 10.6 Å². The van der Waals surface area contributed by atoms with Gasteiger partial charge in [0.15, 0.2) is 0 Å². The lowest BCUT2D eigenvalue weighted by molar-refractivity contribution is -0.123. The van der Waals surface area contributed by atoms with Crippen LogP contribution >= 0.6 is 0 Å². The van der Waals surface area contributed by atoms with Crippen LogP contribution in [0.4, 0.5) is 0 Å². The lowest BCUT2D eigenvalue weighted by Crippen LogP contribution is -2.43. The van der Waals surface area contributed by atoms with Crippen molar-refractivity contribution in [2.75, 3.05) is 6.54 Å². The molecule has 1 aromatic carbocycles. The Hall–Kier alpha value is -1.94. The van der Waals surface area contributed by atoms with E-state index >= 15 is 0 Å². The molecule has 1 unspecified atom stereocenters. The largest absolute Gasteiger partial charge is 0.351 e. The smallest absolute Gasteiger partial charge is 0.237 e. The van der Waals surface area contributed by atoms with E-state index in [2.05, 4.69) is 15.6 Å². The van der Waals surface area contributed by atoms with E-state index in [0.717, 1.165) is 42.3 Å². The molecule has 0 radical (unpaired) electrons. The predicted octanol–water partition coefficient (Wildman–Crippen LogP) is 2.38. The molecule has 4 nitrogen and oxygen atoms in total. The van der Waals surface area contributed by atoms with E-state index in [1.54, 1.807) is 6.20 Å². The van der Waals surface area contributed by atoms with Crippen LogP contribution in [0, 0.1) is 0 Å². The lowest BCUT2D eigenvalue weighted by Gasteiger charge is -2.16. The average molecular weight is 283 g/mol. The second kappa shape index (κ2) is 6.68. The first-order valence-corrected chi connectivity index (χ1v) is 7.68. The van der Waals surface area contributed by atoms with Crippen LogP contribution in [-0.4, -0.2) is 23.5 Å². The Labute approximate surface area is 125 Å². The summed E-state index contributed by atoms with van der Waals surface area (Å²) in [6.07, 6.45) is 6.22. The minimum atomic E-state index is -0.0459. The highest BCUT2D eigenvalue weighted by Crippen LogP contribution is 2.16. The number of nitrogens with zero attached hydrogens (tertiary/aromatic N) is 1. The summed E-state index contributed by atoms with van der Waals surface area (Å²) in [7, 11) is 0. The molecule has 1 aliphatic heterocycles. The van der Waals surface area contributed by atoms with Gasteiger partial charge in [-0.1, -0.05) is 37.1 Å². The van der Waals surface area contributed by atoms with Crippen LogP contribution in [0.5, 0.6) is 0 Å². The van der Waals surface area contributed by atoms with E-state index in [9.17, 15) is 4.79 Å². The average Bonchev–Trinajstić information content (AvgIpc) is 2.82. The molecule has 0 spiro atoms. The normalized spacial score (nSPS) is 19.1. The van der Waals surface area contributed by atoms with Crippen molar-refractivity contribution < 1.29 is 4.79 Å². The Morgan fingerprint density at radius 3 is 3.10 bits per heavy atom. The summed E-state index contributed by atoms with van der Waals surface area (Å²) >= 11 is 0. The predicted molar refractivity (Wildman–Crippen MR) is 83.8 cm³/mol.